The fourth-order valence-electron chi connectivity index (χ4n) is 2.78. The molecular formula is C17H25N3O. The van der Waals surface area contributed by atoms with Crippen molar-refractivity contribution in [2.75, 3.05) is 6.61 Å². The molecular weight excluding hydrogens is 262 g/mol. The Morgan fingerprint density at radius 2 is 2.05 bits per heavy atom. The number of hydrogen-bond acceptors (Lipinski definition) is 3. The Morgan fingerprint density at radius 3 is 2.71 bits per heavy atom. The van der Waals surface area contributed by atoms with Gasteiger partial charge in [-0.05, 0) is 63.3 Å². The van der Waals surface area contributed by atoms with Gasteiger partial charge in [0.05, 0.1) is 24.0 Å². The predicted octanol–water partition coefficient (Wildman–Crippen LogP) is 2.55. The SMILES string of the molecule is Cc1cc2ncn(CCC(C)(CO)NC3CC3)c2cc1C. The predicted molar refractivity (Wildman–Crippen MR) is 85.5 cm³/mol. The van der Waals surface area contributed by atoms with Crippen molar-refractivity contribution in [1.82, 2.24) is 14.9 Å². The Bertz CT molecular complexity index is 645. The molecule has 2 N–H and O–H groups in total. The van der Waals surface area contributed by atoms with Crippen molar-refractivity contribution >= 4 is 11.0 Å². The van der Waals surface area contributed by atoms with E-state index >= 15 is 0 Å². The molecule has 1 saturated carbocycles. The van der Waals surface area contributed by atoms with Crippen LogP contribution in [0.2, 0.25) is 0 Å². The van der Waals surface area contributed by atoms with E-state index in [2.05, 4.69) is 47.8 Å². The van der Waals surface area contributed by atoms with Gasteiger partial charge in [0.25, 0.3) is 0 Å². The van der Waals surface area contributed by atoms with E-state index in [1.165, 1.54) is 29.5 Å². The number of aliphatic hydroxyl groups excluding tert-OH is 1. The summed E-state index contributed by atoms with van der Waals surface area (Å²) in [5.41, 5.74) is 4.62. The van der Waals surface area contributed by atoms with E-state index in [-0.39, 0.29) is 12.1 Å². The van der Waals surface area contributed by atoms with Gasteiger partial charge in [-0.3, -0.25) is 0 Å². The molecule has 0 spiro atoms. The lowest BCUT2D eigenvalue weighted by molar-refractivity contribution is 0.159. The van der Waals surface area contributed by atoms with Crippen LogP contribution in [0.1, 0.15) is 37.3 Å². The lowest BCUT2D eigenvalue weighted by Gasteiger charge is -2.29. The van der Waals surface area contributed by atoms with Crippen LogP contribution in [0.25, 0.3) is 11.0 Å². The molecule has 1 aliphatic carbocycles. The lowest BCUT2D eigenvalue weighted by atomic mass is 9.98. The van der Waals surface area contributed by atoms with Gasteiger partial charge in [-0.15, -0.1) is 0 Å². The maximum atomic E-state index is 9.70. The Hall–Kier alpha value is -1.39. The summed E-state index contributed by atoms with van der Waals surface area (Å²) >= 11 is 0. The Morgan fingerprint density at radius 1 is 1.33 bits per heavy atom. The van der Waals surface area contributed by atoms with Gasteiger partial charge in [0.1, 0.15) is 0 Å². The highest BCUT2D eigenvalue weighted by molar-refractivity contribution is 5.77. The first-order valence-corrected chi connectivity index (χ1v) is 7.81. The number of imidazole rings is 1. The fraction of sp³-hybridized carbons (Fsp3) is 0.588. The molecule has 4 nitrogen and oxygen atoms in total. The summed E-state index contributed by atoms with van der Waals surface area (Å²) in [7, 11) is 0. The highest BCUT2D eigenvalue weighted by Crippen LogP contribution is 2.25. The van der Waals surface area contributed by atoms with Crippen molar-refractivity contribution in [3.8, 4) is 0 Å². The zero-order chi connectivity index (χ0) is 15.0. The number of nitrogens with zero attached hydrogens (tertiary/aromatic N) is 2. The number of rotatable bonds is 6. The topological polar surface area (TPSA) is 50.1 Å². The van der Waals surface area contributed by atoms with E-state index in [0.717, 1.165) is 18.5 Å². The molecule has 0 bridgehead atoms. The molecule has 1 aromatic carbocycles. The molecule has 0 amide bonds. The standard InChI is InChI=1S/C17H25N3O/c1-12-8-15-16(9-13(12)2)20(11-18-15)7-6-17(3,10-21)19-14-4-5-14/h8-9,11,14,19,21H,4-7,10H2,1-3H3. The van der Waals surface area contributed by atoms with Crippen molar-refractivity contribution in [2.24, 2.45) is 0 Å². The van der Waals surface area contributed by atoms with E-state index in [9.17, 15) is 5.11 Å². The van der Waals surface area contributed by atoms with Crippen molar-refractivity contribution in [3.63, 3.8) is 0 Å². The molecule has 21 heavy (non-hydrogen) atoms. The summed E-state index contributed by atoms with van der Waals surface area (Å²) in [5, 5.41) is 13.3. The van der Waals surface area contributed by atoms with Gasteiger partial charge < -0.3 is 15.0 Å². The van der Waals surface area contributed by atoms with Crippen molar-refractivity contribution in [3.05, 3.63) is 29.6 Å². The van der Waals surface area contributed by atoms with E-state index in [4.69, 9.17) is 0 Å². The minimum atomic E-state index is -0.197. The summed E-state index contributed by atoms with van der Waals surface area (Å²) in [5.74, 6) is 0. The van der Waals surface area contributed by atoms with Gasteiger partial charge >= 0.3 is 0 Å². The van der Waals surface area contributed by atoms with E-state index in [0.29, 0.717) is 6.04 Å². The molecule has 4 heteroatoms. The summed E-state index contributed by atoms with van der Waals surface area (Å²) in [4.78, 5) is 4.50. The third-order valence-electron chi connectivity index (χ3n) is 4.62. The molecule has 1 heterocycles. The highest BCUT2D eigenvalue weighted by atomic mass is 16.3. The van der Waals surface area contributed by atoms with Crippen molar-refractivity contribution < 1.29 is 5.11 Å². The van der Waals surface area contributed by atoms with Crippen molar-refractivity contribution in [1.29, 1.82) is 0 Å². The normalized spacial score (nSPS) is 18.1. The molecule has 0 aliphatic heterocycles. The monoisotopic (exact) mass is 287 g/mol. The summed E-state index contributed by atoms with van der Waals surface area (Å²) in [6.45, 7) is 7.42. The van der Waals surface area contributed by atoms with Crippen LogP contribution in [0, 0.1) is 13.8 Å². The smallest absolute Gasteiger partial charge is 0.0958 e. The van der Waals surface area contributed by atoms with Gasteiger partial charge in [0, 0.05) is 18.1 Å². The molecule has 2 aromatic rings. The number of aromatic nitrogens is 2. The van der Waals surface area contributed by atoms with Crippen LogP contribution in [0.15, 0.2) is 18.5 Å². The van der Waals surface area contributed by atoms with Crippen LogP contribution >= 0.6 is 0 Å². The van der Waals surface area contributed by atoms with Crippen LogP contribution in [-0.2, 0) is 6.54 Å². The number of aliphatic hydroxyl groups is 1. The zero-order valence-electron chi connectivity index (χ0n) is 13.2. The summed E-state index contributed by atoms with van der Waals surface area (Å²) in [6.07, 6.45) is 5.29. The first-order chi connectivity index (χ1) is 10.0. The summed E-state index contributed by atoms with van der Waals surface area (Å²) < 4.78 is 2.20. The van der Waals surface area contributed by atoms with Gasteiger partial charge in [-0.25, -0.2) is 4.98 Å². The second kappa shape index (κ2) is 5.43. The van der Waals surface area contributed by atoms with Crippen LogP contribution in [0.5, 0.6) is 0 Å². The molecule has 1 unspecified atom stereocenters. The Balaban J connectivity index is 1.76. The average molecular weight is 287 g/mol. The van der Waals surface area contributed by atoms with E-state index < -0.39 is 0 Å². The molecule has 0 saturated heterocycles. The van der Waals surface area contributed by atoms with Gasteiger partial charge in [-0.1, -0.05) is 0 Å². The Kier molecular flexibility index (Phi) is 3.76. The maximum absolute atomic E-state index is 9.70. The first kappa shape index (κ1) is 14.5. The van der Waals surface area contributed by atoms with Gasteiger partial charge in [-0.2, -0.15) is 0 Å². The highest BCUT2D eigenvalue weighted by Gasteiger charge is 2.31. The van der Waals surface area contributed by atoms with Crippen LogP contribution in [-0.4, -0.2) is 32.8 Å². The third kappa shape index (κ3) is 3.11. The molecule has 3 rings (SSSR count). The summed E-state index contributed by atoms with van der Waals surface area (Å²) in [6, 6.07) is 4.96. The second-order valence-electron chi connectivity index (χ2n) is 6.75. The Labute approximate surface area is 126 Å². The molecule has 1 atom stereocenters. The van der Waals surface area contributed by atoms with Crippen LogP contribution in [0.3, 0.4) is 0 Å². The number of fused-ring (bicyclic) bond motifs is 1. The van der Waals surface area contributed by atoms with E-state index in [1.807, 2.05) is 6.33 Å². The molecule has 1 fully saturated rings. The van der Waals surface area contributed by atoms with Crippen molar-refractivity contribution in [2.45, 2.75) is 58.2 Å². The van der Waals surface area contributed by atoms with Crippen LogP contribution in [0.4, 0.5) is 0 Å². The molecule has 0 radical (unpaired) electrons. The van der Waals surface area contributed by atoms with Gasteiger partial charge in [0.15, 0.2) is 0 Å². The van der Waals surface area contributed by atoms with Crippen LogP contribution < -0.4 is 5.32 Å². The quantitative estimate of drug-likeness (QED) is 0.858. The van der Waals surface area contributed by atoms with Gasteiger partial charge in [0.2, 0.25) is 0 Å². The molecule has 114 valence electrons. The molecule has 1 aliphatic rings. The minimum Gasteiger partial charge on any atom is -0.394 e. The second-order valence-corrected chi connectivity index (χ2v) is 6.75. The number of benzene rings is 1. The van der Waals surface area contributed by atoms with E-state index in [1.54, 1.807) is 0 Å². The lowest BCUT2D eigenvalue weighted by Crippen LogP contribution is -2.47. The number of hydrogen-bond donors (Lipinski definition) is 2. The largest absolute Gasteiger partial charge is 0.394 e. The first-order valence-electron chi connectivity index (χ1n) is 7.81. The third-order valence-corrected chi connectivity index (χ3v) is 4.62. The zero-order valence-corrected chi connectivity index (χ0v) is 13.2. The fourth-order valence-corrected chi connectivity index (χ4v) is 2.78. The minimum absolute atomic E-state index is 0.175. The number of aryl methyl sites for hydroxylation is 3. The average Bonchev–Trinajstić information content (AvgIpc) is 3.18. The maximum Gasteiger partial charge on any atom is 0.0958 e. The molecule has 1 aromatic heterocycles. The number of nitrogens with one attached hydrogen (secondary N) is 1.